The fourth-order valence-electron chi connectivity index (χ4n) is 2.25. The molecule has 1 aromatic heterocycles. The number of nitrogens with zero attached hydrogens (tertiary/aromatic N) is 2. The van der Waals surface area contributed by atoms with Gasteiger partial charge in [0.15, 0.2) is 0 Å². The number of aliphatic carboxylic acids is 1. The number of hydrogen-bond donors (Lipinski definition) is 1. The number of allylic oxidation sites excluding steroid dienone is 4. The van der Waals surface area contributed by atoms with Gasteiger partial charge in [0.1, 0.15) is 5.76 Å². The maximum atomic E-state index is 13.4. The lowest BCUT2D eigenvalue weighted by atomic mass is 9.82. The fraction of sp³-hybridized carbons (Fsp3) is 0.333. The van der Waals surface area contributed by atoms with Gasteiger partial charge in [-0.1, -0.05) is 13.0 Å². The molecule has 0 aliphatic heterocycles. The molecular weight excluding hydrogens is 275 g/mol. The molecule has 1 N–H and O–H groups in total. The molecule has 0 bridgehead atoms. The van der Waals surface area contributed by atoms with Crippen LogP contribution in [0.5, 0.6) is 0 Å². The van der Waals surface area contributed by atoms with Crippen molar-refractivity contribution < 1.29 is 19.0 Å². The summed E-state index contributed by atoms with van der Waals surface area (Å²) in [6, 6.07) is 0. The monoisotopic (exact) mass is 292 g/mol. The Morgan fingerprint density at radius 2 is 2.33 bits per heavy atom. The Labute approximate surface area is 122 Å². The number of imidazole rings is 1. The first-order chi connectivity index (χ1) is 9.84. The summed E-state index contributed by atoms with van der Waals surface area (Å²) in [5, 5.41) is 8.66. The van der Waals surface area contributed by atoms with Crippen molar-refractivity contribution in [3.05, 3.63) is 48.0 Å². The Morgan fingerprint density at radius 3 is 2.86 bits per heavy atom. The van der Waals surface area contributed by atoms with Crippen LogP contribution in [0, 0.1) is 12.3 Å². The number of aryl methyl sites for hydroxylation is 1. The molecule has 2 rings (SSSR count). The number of ether oxygens (including phenoxy) is 1. The largest absolute Gasteiger partial charge is 0.495 e. The van der Waals surface area contributed by atoms with Crippen molar-refractivity contribution in [1.29, 1.82) is 0 Å². The van der Waals surface area contributed by atoms with Crippen molar-refractivity contribution in [3.63, 3.8) is 0 Å². The van der Waals surface area contributed by atoms with Crippen LogP contribution in [-0.2, 0) is 9.53 Å². The standard InChI is InChI=1S/C15H17FN2O3/c1-10-8-18(9-17-10)12-4-5-15(2,7-13(12)21-3)6-11(16)14(19)20/h4,6-9H,5H2,1-3H3,(H,19,20)/b11-6-. The molecule has 6 heteroatoms. The molecule has 0 spiro atoms. The van der Waals surface area contributed by atoms with Gasteiger partial charge in [-0.25, -0.2) is 9.78 Å². The molecule has 0 radical (unpaired) electrons. The van der Waals surface area contributed by atoms with Crippen LogP contribution >= 0.6 is 0 Å². The summed E-state index contributed by atoms with van der Waals surface area (Å²) in [4.78, 5) is 14.8. The van der Waals surface area contributed by atoms with E-state index in [0.717, 1.165) is 17.5 Å². The van der Waals surface area contributed by atoms with Crippen molar-refractivity contribution in [1.82, 2.24) is 9.55 Å². The summed E-state index contributed by atoms with van der Waals surface area (Å²) in [6.45, 7) is 3.63. The van der Waals surface area contributed by atoms with Gasteiger partial charge in [0.05, 0.1) is 24.8 Å². The first-order valence-corrected chi connectivity index (χ1v) is 6.44. The smallest absolute Gasteiger partial charge is 0.364 e. The van der Waals surface area contributed by atoms with Gasteiger partial charge in [-0.15, -0.1) is 0 Å². The topological polar surface area (TPSA) is 64.3 Å². The van der Waals surface area contributed by atoms with Crippen LogP contribution in [0.25, 0.3) is 5.70 Å². The molecule has 0 saturated carbocycles. The van der Waals surface area contributed by atoms with Gasteiger partial charge < -0.3 is 14.4 Å². The fourth-order valence-corrected chi connectivity index (χ4v) is 2.25. The maximum Gasteiger partial charge on any atom is 0.364 e. The number of hydrogen-bond acceptors (Lipinski definition) is 3. The highest BCUT2D eigenvalue weighted by atomic mass is 19.1. The summed E-state index contributed by atoms with van der Waals surface area (Å²) in [5.41, 5.74) is 0.934. The lowest BCUT2D eigenvalue weighted by Gasteiger charge is -2.27. The predicted octanol–water partition coefficient (Wildman–Crippen LogP) is 2.91. The minimum Gasteiger partial charge on any atom is -0.495 e. The molecule has 1 unspecified atom stereocenters. The van der Waals surface area contributed by atoms with Gasteiger partial charge in [0.2, 0.25) is 5.83 Å². The molecule has 0 saturated heterocycles. The van der Waals surface area contributed by atoms with Crippen molar-refractivity contribution in [2.45, 2.75) is 20.3 Å². The van der Waals surface area contributed by atoms with Crippen molar-refractivity contribution >= 4 is 11.7 Å². The molecule has 0 aromatic carbocycles. The first-order valence-electron chi connectivity index (χ1n) is 6.44. The molecular formula is C15H17FN2O3. The minimum absolute atomic E-state index is 0.465. The number of halogens is 1. The van der Waals surface area contributed by atoms with E-state index in [0.29, 0.717) is 12.2 Å². The SMILES string of the molecule is COC1=CC(C)(/C=C(\F)C(=O)O)CC=C1n1cnc(C)c1. The maximum absolute atomic E-state index is 13.4. The molecule has 1 aliphatic carbocycles. The predicted molar refractivity (Wildman–Crippen MR) is 75.9 cm³/mol. The molecule has 1 aromatic rings. The van der Waals surface area contributed by atoms with Crippen molar-refractivity contribution in [3.8, 4) is 0 Å². The van der Waals surface area contributed by atoms with E-state index in [1.807, 2.05) is 23.8 Å². The number of rotatable bonds is 4. The quantitative estimate of drug-likeness (QED) is 0.867. The lowest BCUT2D eigenvalue weighted by Crippen LogP contribution is -2.18. The van der Waals surface area contributed by atoms with Crippen LogP contribution in [0.3, 0.4) is 0 Å². The summed E-state index contributed by atoms with van der Waals surface area (Å²) >= 11 is 0. The molecule has 112 valence electrons. The van der Waals surface area contributed by atoms with Gasteiger partial charge in [0.25, 0.3) is 0 Å². The van der Waals surface area contributed by atoms with Crippen LogP contribution in [0.15, 0.2) is 42.3 Å². The average Bonchev–Trinajstić information content (AvgIpc) is 2.84. The highest BCUT2D eigenvalue weighted by Crippen LogP contribution is 2.37. The molecule has 0 fully saturated rings. The third-order valence-electron chi connectivity index (χ3n) is 3.32. The number of carboxylic acids is 1. The lowest BCUT2D eigenvalue weighted by molar-refractivity contribution is -0.134. The molecule has 0 amide bonds. The van der Waals surface area contributed by atoms with Gasteiger partial charge in [-0.05, 0) is 25.5 Å². The Kier molecular flexibility index (Phi) is 3.97. The molecule has 1 aliphatic rings. The van der Waals surface area contributed by atoms with E-state index in [2.05, 4.69) is 4.98 Å². The van der Waals surface area contributed by atoms with Crippen LogP contribution in [0.1, 0.15) is 19.0 Å². The Balaban J connectivity index is 2.35. The highest BCUT2D eigenvalue weighted by molar-refractivity contribution is 5.84. The van der Waals surface area contributed by atoms with Gasteiger partial charge >= 0.3 is 5.97 Å². The van der Waals surface area contributed by atoms with E-state index >= 15 is 0 Å². The number of aromatic nitrogens is 2. The molecule has 1 atom stereocenters. The van der Waals surface area contributed by atoms with E-state index in [1.165, 1.54) is 7.11 Å². The molecule has 5 nitrogen and oxygen atoms in total. The minimum atomic E-state index is -1.57. The summed E-state index contributed by atoms with van der Waals surface area (Å²) in [5.74, 6) is -2.18. The third-order valence-corrected chi connectivity index (χ3v) is 3.32. The third kappa shape index (κ3) is 3.21. The zero-order valence-corrected chi connectivity index (χ0v) is 12.1. The highest BCUT2D eigenvalue weighted by Gasteiger charge is 2.28. The summed E-state index contributed by atoms with van der Waals surface area (Å²) in [6.07, 6.45) is 8.69. The average molecular weight is 292 g/mol. The Bertz CT molecular complexity index is 658. The number of carbonyl (C=O) groups is 1. The second-order valence-electron chi connectivity index (χ2n) is 5.23. The Hall–Kier alpha value is -2.37. The van der Waals surface area contributed by atoms with Crippen LogP contribution in [0.2, 0.25) is 0 Å². The van der Waals surface area contributed by atoms with Crippen LogP contribution in [0.4, 0.5) is 4.39 Å². The van der Waals surface area contributed by atoms with Crippen LogP contribution < -0.4 is 0 Å². The first kappa shape index (κ1) is 15.0. The molecule has 21 heavy (non-hydrogen) atoms. The second kappa shape index (κ2) is 5.55. The van der Waals surface area contributed by atoms with E-state index in [9.17, 15) is 9.18 Å². The number of carboxylic acid groups (broad SMARTS) is 1. The van der Waals surface area contributed by atoms with E-state index in [4.69, 9.17) is 9.84 Å². The zero-order chi connectivity index (χ0) is 15.6. The molecule has 1 heterocycles. The van der Waals surface area contributed by atoms with Crippen LogP contribution in [-0.4, -0.2) is 27.7 Å². The summed E-state index contributed by atoms with van der Waals surface area (Å²) < 4.78 is 20.5. The number of methoxy groups -OCH3 is 1. The normalized spacial score (nSPS) is 22.6. The van der Waals surface area contributed by atoms with E-state index < -0.39 is 17.2 Å². The van der Waals surface area contributed by atoms with E-state index in [-0.39, 0.29) is 0 Å². The second-order valence-corrected chi connectivity index (χ2v) is 5.23. The van der Waals surface area contributed by atoms with Gasteiger partial charge in [0, 0.05) is 11.6 Å². The van der Waals surface area contributed by atoms with E-state index in [1.54, 1.807) is 19.3 Å². The summed E-state index contributed by atoms with van der Waals surface area (Å²) in [7, 11) is 1.52. The van der Waals surface area contributed by atoms with Crippen molar-refractivity contribution in [2.75, 3.05) is 7.11 Å². The van der Waals surface area contributed by atoms with Gasteiger partial charge in [-0.2, -0.15) is 4.39 Å². The van der Waals surface area contributed by atoms with Crippen molar-refractivity contribution in [2.24, 2.45) is 5.41 Å². The Morgan fingerprint density at radius 1 is 1.62 bits per heavy atom. The van der Waals surface area contributed by atoms with Gasteiger partial charge in [-0.3, -0.25) is 0 Å². The zero-order valence-electron chi connectivity index (χ0n) is 12.1.